The molecule has 0 saturated heterocycles. The summed E-state index contributed by atoms with van der Waals surface area (Å²) in [5.74, 6) is 0.764. The van der Waals surface area contributed by atoms with E-state index in [1.807, 2.05) is 12.1 Å². The molecule has 0 saturated carbocycles. The number of hydrogen-bond acceptors (Lipinski definition) is 3. The molecule has 2 heterocycles. The van der Waals surface area contributed by atoms with E-state index in [0.29, 0.717) is 0 Å². The summed E-state index contributed by atoms with van der Waals surface area (Å²) in [5.41, 5.74) is 0.824. The third kappa shape index (κ3) is 1.12. The molecule has 0 amide bonds. The largest absolute Gasteiger partial charge is 0.464 e. The van der Waals surface area contributed by atoms with E-state index in [1.165, 1.54) is 0 Å². The Morgan fingerprint density at radius 3 is 3.00 bits per heavy atom. The van der Waals surface area contributed by atoms with Gasteiger partial charge in [-0.25, -0.2) is 0 Å². The molecule has 0 aromatic carbocycles. The molecule has 0 bridgehead atoms. The fourth-order valence-corrected chi connectivity index (χ4v) is 0.830. The number of hydrogen-bond donors (Lipinski definition) is 0. The van der Waals surface area contributed by atoms with Crippen LogP contribution in [0.4, 0.5) is 0 Å². The second-order valence-electron chi connectivity index (χ2n) is 2.03. The van der Waals surface area contributed by atoms with Crippen molar-refractivity contribution in [2.45, 2.75) is 0 Å². The lowest BCUT2D eigenvalue weighted by atomic mass is 10.2. The van der Waals surface area contributed by atoms with Gasteiger partial charge in [-0.2, -0.15) is 5.10 Å². The Bertz CT molecular complexity index is 315. The highest BCUT2D eigenvalue weighted by Crippen LogP contribution is 2.16. The van der Waals surface area contributed by atoms with Crippen LogP contribution in [-0.2, 0) is 0 Å². The second kappa shape index (κ2) is 2.54. The molecule has 0 spiro atoms. The van der Waals surface area contributed by atoms with Crippen molar-refractivity contribution in [1.82, 2.24) is 10.2 Å². The minimum atomic E-state index is 0.764. The lowest BCUT2D eigenvalue weighted by molar-refractivity contribution is 0.581. The zero-order chi connectivity index (χ0) is 7.52. The molecule has 0 aliphatic heterocycles. The maximum atomic E-state index is 5.12. The van der Waals surface area contributed by atoms with Gasteiger partial charge < -0.3 is 4.42 Å². The average Bonchev–Trinajstić information content (AvgIpc) is 2.58. The van der Waals surface area contributed by atoms with Gasteiger partial charge in [0, 0.05) is 5.56 Å². The lowest BCUT2D eigenvalue weighted by Gasteiger charge is -1.90. The summed E-state index contributed by atoms with van der Waals surface area (Å²) in [4.78, 5) is 0. The predicted octanol–water partition coefficient (Wildman–Crippen LogP) is 1.54. The van der Waals surface area contributed by atoms with E-state index in [1.54, 1.807) is 18.5 Å². The molecule has 0 aliphatic carbocycles. The molecule has 1 radical (unpaired) electrons. The summed E-state index contributed by atoms with van der Waals surface area (Å²) >= 11 is 0. The van der Waals surface area contributed by atoms with Crippen molar-refractivity contribution in [3.05, 3.63) is 36.9 Å². The van der Waals surface area contributed by atoms with E-state index < -0.39 is 0 Å². The standard InChI is InChI=1S/C8H5N2O/c1-2-8(11-5-1)7-3-4-9-10-6-7/h1-5H. The van der Waals surface area contributed by atoms with E-state index in [-0.39, 0.29) is 0 Å². The first kappa shape index (κ1) is 6.09. The maximum absolute atomic E-state index is 5.12. The lowest BCUT2D eigenvalue weighted by Crippen LogP contribution is -1.79. The molecule has 11 heavy (non-hydrogen) atoms. The van der Waals surface area contributed by atoms with E-state index in [0.717, 1.165) is 11.3 Å². The monoisotopic (exact) mass is 145 g/mol. The van der Waals surface area contributed by atoms with Gasteiger partial charge in [0.1, 0.15) is 12.0 Å². The highest BCUT2D eigenvalue weighted by molar-refractivity contribution is 5.53. The summed E-state index contributed by atoms with van der Waals surface area (Å²) in [5, 5.41) is 7.21. The molecular weight excluding hydrogens is 140 g/mol. The van der Waals surface area contributed by atoms with Gasteiger partial charge in [-0.05, 0) is 18.2 Å². The van der Waals surface area contributed by atoms with Crippen molar-refractivity contribution >= 4 is 0 Å². The molecule has 0 fully saturated rings. The van der Waals surface area contributed by atoms with Crippen molar-refractivity contribution in [1.29, 1.82) is 0 Å². The van der Waals surface area contributed by atoms with Gasteiger partial charge in [-0.15, -0.1) is 5.10 Å². The summed E-state index contributed by atoms with van der Waals surface area (Å²) in [6.07, 6.45) is 5.94. The highest BCUT2D eigenvalue weighted by atomic mass is 16.3. The van der Waals surface area contributed by atoms with Crippen molar-refractivity contribution in [3.8, 4) is 11.3 Å². The van der Waals surface area contributed by atoms with Crippen molar-refractivity contribution in [3.63, 3.8) is 0 Å². The zero-order valence-corrected chi connectivity index (χ0v) is 5.69. The third-order valence-electron chi connectivity index (χ3n) is 1.32. The molecule has 2 aromatic heterocycles. The first-order valence-corrected chi connectivity index (χ1v) is 3.20. The van der Waals surface area contributed by atoms with Gasteiger partial charge in [-0.3, -0.25) is 0 Å². The smallest absolute Gasteiger partial charge is 0.136 e. The van der Waals surface area contributed by atoms with Crippen molar-refractivity contribution in [2.75, 3.05) is 0 Å². The average molecular weight is 145 g/mol. The quantitative estimate of drug-likeness (QED) is 0.610. The molecule has 0 unspecified atom stereocenters. The van der Waals surface area contributed by atoms with Crippen LogP contribution in [0.15, 0.2) is 35.1 Å². The number of nitrogens with zero attached hydrogens (tertiary/aromatic N) is 2. The molecule has 0 aliphatic rings. The van der Waals surface area contributed by atoms with E-state index in [2.05, 4.69) is 16.4 Å². The fourth-order valence-electron chi connectivity index (χ4n) is 0.830. The zero-order valence-electron chi connectivity index (χ0n) is 5.69. The minimum absolute atomic E-state index is 0.764. The van der Waals surface area contributed by atoms with Crippen LogP contribution in [0.3, 0.4) is 0 Å². The topological polar surface area (TPSA) is 38.9 Å². The molecule has 2 aromatic rings. The van der Waals surface area contributed by atoms with Crippen molar-refractivity contribution in [2.24, 2.45) is 0 Å². The molecule has 53 valence electrons. The SMILES string of the molecule is [c]1nnccc1-c1ccco1. The van der Waals surface area contributed by atoms with Crippen LogP contribution in [0.2, 0.25) is 0 Å². The molecule has 3 heteroatoms. The fraction of sp³-hybridized carbons (Fsp3) is 0. The van der Waals surface area contributed by atoms with Crippen LogP contribution in [0, 0.1) is 6.20 Å². The first-order chi connectivity index (χ1) is 5.47. The van der Waals surface area contributed by atoms with Gasteiger partial charge in [-0.1, -0.05) is 0 Å². The maximum Gasteiger partial charge on any atom is 0.136 e. The molecular formula is C8H5N2O. The molecule has 0 N–H and O–H groups in total. The Morgan fingerprint density at radius 2 is 2.36 bits per heavy atom. The predicted molar refractivity (Wildman–Crippen MR) is 38.6 cm³/mol. The Morgan fingerprint density at radius 1 is 1.36 bits per heavy atom. The second-order valence-corrected chi connectivity index (χ2v) is 2.03. The minimum Gasteiger partial charge on any atom is -0.464 e. The number of furan rings is 1. The summed E-state index contributed by atoms with van der Waals surface area (Å²) in [6.45, 7) is 0. The van der Waals surface area contributed by atoms with Crippen LogP contribution in [0.1, 0.15) is 0 Å². The van der Waals surface area contributed by atoms with Crippen LogP contribution in [0.25, 0.3) is 11.3 Å². The summed E-state index contributed by atoms with van der Waals surface area (Å²) in [7, 11) is 0. The van der Waals surface area contributed by atoms with Crippen molar-refractivity contribution < 1.29 is 4.42 Å². The normalized spacial score (nSPS) is 9.82. The van der Waals surface area contributed by atoms with Crippen LogP contribution >= 0.6 is 0 Å². The number of rotatable bonds is 1. The van der Waals surface area contributed by atoms with Gasteiger partial charge in [0.2, 0.25) is 0 Å². The first-order valence-electron chi connectivity index (χ1n) is 3.20. The molecule has 3 nitrogen and oxygen atoms in total. The summed E-state index contributed by atoms with van der Waals surface area (Å²) < 4.78 is 5.12. The molecule has 0 atom stereocenters. The highest BCUT2D eigenvalue weighted by Gasteiger charge is 1.98. The Hall–Kier alpha value is -1.64. The Labute approximate surface area is 63.7 Å². The Balaban J connectivity index is 2.46. The van der Waals surface area contributed by atoms with E-state index >= 15 is 0 Å². The van der Waals surface area contributed by atoms with Crippen LogP contribution < -0.4 is 0 Å². The van der Waals surface area contributed by atoms with Gasteiger partial charge in [0.05, 0.1) is 12.5 Å². The van der Waals surface area contributed by atoms with Crippen LogP contribution in [-0.4, -0.2) is 10.2 Å². The van der Waals surface area contributed by atoms with Gasteiger partial charge in [0.25, 0.3) is 0 Å². The summed E-state index contributed by atoms with van der Waals surface area (Å²) in [6, 6.07) is 5.48. The van der Waals surface area contributed by atoms with Gasteiger partial charge >= 0.3 is 0 Å². The van der Waals surface area contributed by atoms with E-state index in [9.17, 15) is 0 Å². The van der Waals surface area contributed by atoms with Crippen LogP contribution in [0.5, 0.6) is 0 Å². The van der Waals surface area contributed by atoms with Gasteiger partial charge in [0.15, 0.2) is 0 Å². The number of aromatic nitrogens is 2. The molecule has 2 rings (SSSR count). The third-order valence-corrected chi connectivity index (χ3v) is 1.32. The van der Waals surface area contributed by atoms with E-state index in [4.69, 9.17) is 4.42 Å². The Kier molecular flexibility index (Phi) is 1.41.